The van der Waals surface area contributed by atoms with E-state index in [1.807, 2.05) is 13.8 Å². The lowest BCUT2D eigenvalue weighted by Crippen LogP contribution is -2.48. The number of hydrogen-bond acceptors (Lipinski definition) is 3. The molecule has 1 rings (SSSR count). The molecule has 96 valence electrons. The minimum absolute atomic E-state index is 0.00648. The topological polar surface area (TPSA) is 53.3 Å². The van der Waals surface area contributed by atoms with Crippen LogP contribution >= 0.6 is 0 Å². The summed E-state index contributed by atoms with van der Waals surface area (Å²) in [6.07, 6.45) is 3.05. The Kier molecular flexibility index (Phi) is 5.43. The van der Waals surface area contributed by atoms with Gasteiger partial charge in [-0.2, -0.15) is 5.26 Å². The Balaban J connectivity index is 2.80. The quantitative estimate of drug-likeness (QED) is 0.735. The predicted octanol–water partition coefficient (Wildman–Crippen LogP) is 1.96. The van der Waals surface area contributed by atoms with E-state index in [0.717, 1.165) is 12.8 Å². The molecule has 4 heteroatoms. The summed E-state index contributed by atoms with van der Waals surface area (Å²) in [4.78, 5) is 14.3. The van der Waals surface area contributed by atoms with Crippen LogP contribution in [0, 0.1) is 16.7 Å². The van der Waals surface area contributed by atoms with Crippen LogP contribution < -0.4 is 0 Å². The molecule has 0 saturated carbocycles. The molecule has 0 aromatic carbocycles. The number of carbonyl (C=O) groups is 1. The van der Waals surface area contributed by atoms with Gasteiger partial charge in [-0.05, 0) is 12.8 Å². The molecule has 1 aliphatic rings. The van der Waals surface area contributed by atoms with E-state index in [9.17, 15) is 10.1 Å². The van der Waals surface area contributed by atoms with Crippen LogP contribution in [0.15, 0.2) is 0 Å². The number of hydrogen-bond donors (Lipinski definition) is 0. The van der Waals surface area contributed by atoms with Crippen LogP contribution in [0.5, 0.6) is 0 Å². The summed E-state index contributed by atoms with van der Waals surface area (Å²) in [5.74, 6) is 0.00648. The van der Waals surface area contributed by atoms with E-state index in [-0.39, 0.29) is 5.91 Å². The first-order chi connectivity index (χ1) is 8.20. The fraction of sp³-hybridized carbons (Fsp3) is 0.846. The molecule has 0 aromatic rings. The SMILES string of the molecule is CCCC(C#N)(CCC)C(=O)N1CCOCC1. The summed E-state index contributed by atoms with van der Waals surface area (Å²) in [6, 6.07) is 2.28. The number of nitrogens with zero attached hydrogens (tertiary/aromatic N) is 2. The highest BCUT2D eigenvalue weighted by molar-refractivity contribution is 5.85. The number of nitriles is 1. The highest BCUT2D eigenvalue weighted by Gasteiger charge is 2.40. The minimum atomic E-state index is -0.805. The standard InChI is InChI=1S/C13H22N2O2/c1-3-5-13(11-14,6-4-2)12(16)15-7-9-17-10-8-15/h3-10H2,1-2H3. The zero-order valence-corrected chi connectivity index (χ0v) is 10.9. The van der Waals surface area contributed by atoms with Crippen LogP contribution in [-0.4, -0.2) is 37.1 Å². The second-order valence-corrected chi connectivity index (χ2v) is 4.60. The fourth-order valence-corrected chi connectivity index (χ4v) is 2.42. The third-order valence-corrected chi connectivity index (χ3v) is 3.28. The Labute approximate surface area is 104 Å². The molecular formula is C13H22N2O2. The fourth-order valence-electron chi connectivity index (χ4n) is 2.42. The first-order valence-electron chi connectivity index (χ1n) is 6.48. The van der Waals surface area contributed by atoms with Gasteiger partial charge in [-0.15, -0.1) is 0 Å². The zero-order chi connectivity index (χ0) is 12.7. The van der Waals surface area contributed by atoms with Crippen LogP contribution in [0.25, 0.3) is 0 Å². The molecule has 0 N–H and O–H groups in total. The highest BCUT2D eigenvalue weighted by atomic mass is 16.5. The molecule has 17 heavy (non-hydrogen) atoms. The van der Waals surface area contributed by atoms with Crippen molar-refractivity contribution in [3.8, 4) is 6.07 Å². The number of ether oxygens (including phenoxy) is 1. The van der Waals surface area contributed by atoms with Crippen molar-refractivity contribution >= 4 is 5.91 Å². The Morgan fingerprint density at radius 1 is 1.29 bits per heavy atom. The van der Waals surface area contributed by atoms with Gasteiger partial charge in [0.2, 0.25) is 5.91 Å². The smallest absolute Gasteiger partial charge is 0.243 e. The molecule has 0 bridgehead atoms. The number of amides is 1. The van der Waals surface area contributed by atoms with Gasteiger partial charge < -0.3 is 9.64 Å². The summed E-state index contributed by atoms with van der Waals surface area (Å²) < 4.78 is 5.24. The Morgan fingerprint density at radius 2 is 1.82 bits per heavy atom. The van der Waals surface area contributed by atoms with Crippen molar-refractivity contribution in [2.45, 2.75) is 39.5 Å². The summed E-state index contributed by atoms with van der Waals surface area (Å²) in [7, 11) is 0. The second-order valence-electron chi connectivity index (χ2n) is 4.60. The molecule has 1 amide bonds. The predicted molar refractivity (Wildman–Crippen MR) is 65.3 cm³/mol. The second kappa shape index (κ2) is 6.61. The van der Waals surface area contributed by atoms with Crippen molar-refractivity contribution in [1.29, 1.82) is 5.26 Å². The number of carbonyl (C=O) groups excluding carboxylic acids is 1. The summed E-state index contributed by atoms with van der Waals surface area (Å²) in [6.45, 7) is 6.46. The molecular weight excluding hydrogens is 216 g/mol. The zero-order valence-electron chi connectivity index (χ0n) is 10.9. The van der Waals surface area contributed by atoms with E-state index < -0.39 is 5.41 Å². The summed E-state index contributed by atoms with van der Waals surface area (Å²) >= 11 is 0. The van der Waals surface area contributed by atoms with Gasteiger partial charge in [0.05, 0.1) is 19.3 Å². The van der Waals surface area contributed by atoms with Crippen LogP contribution in [-0.2, 0) is 9.53 Å². The number of rotatable bonds is 5. The van der Waals surface area contributed by atoms with E-state index in [1.54, 1.807) is 4.90 Å². The van der Waals surface area contributed by atoms with Gasteiger partial charge in [-0.1, -0.05) is 26.7 Å². The molecule has 1 fully saturated rings. The van der Waals surface area contributed by atoms with Gasteiger partial charge in [-0.25, -0.2) is 0 Å². The lowest BCUT2D eigenvalue weighted by Gasteiger charge is -2.34. The maximum absolute atomic E-state index is 12.5. The van der Waals surface area contributed by atoms with E-state index in [1.165, 1.54) is 0 Å². The lowest BCUT2D eigenvalue weighted by molar-refractivity contribution is -0.144. The molecule has 0 aromatic heterocycles. The Hall–Kier alpha value is -1.08. The average Bonchev–Trinajstić information content (AvgIpc) is 2.38. The molecule has 0 unspecified atom stereocenters. The van der Waals surface area contributed by atoms with Crippen molar-refractivity contribution in [3.63, 3.8) is 0 Å². The Morgan fingerprint density at radius 3 is 2.24 bits per heavy atom. The molecule has 0 spiro atoms. The monoisotopic (exact) mass is 238 g/mol. The molecule has 1 saturated heterocycles. The van der Waals surface area contributed by atoms with E-state index in [4.69, 9.17) is 4.74 Å². The third-order valence-electron chi connectivity index (χ3n) is 3.28. The lowest BCUT2D eigenvalue weighted by atomic mass is 9.79. The average molecular weight is 238 g/mol. The van der Waals surface area contributed by atoms with Gasteiger partial charge in [0.15, 0.2) is 0 Å². The van der Waals surface area contributed by atoms with Gasteiger partial charge in [-0.3, -0.25) is 4.79 Å². The van der Waals surface area contributed by atoms with Crippen LogP contribution in [0.3, 0.4) is 0 Å². The van der Waals surface area contributed by atoms with Crippen LogP contribution in [0.1, 0.15) is 39.5 Å². The molecule has 0 aliphatic carbocycles. The van der Waals surface area contributed by atoms with Gasteiger partial charge in [0, 0.05) is 13.1 Å². The maximum atomic E-state index is 12.5. The first kappa shape index (κ1) is 14.0. The van der Waals surface area contributed by atoms with Crippen molar-refractivity contribution in [2.75, 3.05) is 26.3 Å². The normalized spacial score (nSPS) is 16.6. The summed E-state index contributed by atoms with van der Waals surface area (Å²) in [5, 5.41) is 9.41. The van der Waals surface area contributed by atoms with Gasteiger partial charge in [0.1, 0.15) is 5.41 Å². The van der Waals surface area contributed by atoms with Gasteiger partial charge >= 0.3 is 0 Å². The first-order valence-corrected chi connectivity index (χ1v) is 6.48. The van der Waals surface area contributed by atoms with E-state index in [2.05, 4.69) is 6.07 Å². The van der Waals surface area contributed by atoms with Crippen molar-refractivity contribution in [3.05, 3.63) is 0 Å². The van der Waals surface area contributed by atoms with Crippen molar-refractivity contribution in [2.24, 2.45) is 5.41 Å². The Bertz CT molecular complexity index is 284. The van der Waals surface area contributed by atoms with Crippen molar-refractivity contribution in [1.82, 2.24) is 4.90 Å². The molecule has 0 radical (unpaired) electrons. The summed E-state index contributed by atoms with van der Waals surface area (Å²) in [5.41, 5.74) is -0.805. The molecule has 1 aliphatic heterocycles. The molecule has 0 atom stereocenters. The molecule has 1 heterocycles. The third kappa shape index (κ3) is 3.19. The van der Waals surface area contributed by atoms with Crippen LogP contribution in [0.4, 0.5) is 0 Å². The molecule has 4 nitrogen and oxygen atoms in total. The maximum Gasteiger partial charge on any atom is 0.243 e. The van der Waals surface area contributed by atoms with Gasteiger partial charge in [0.25, 0.3) is 0 Å². The minimum Gasteiger partial charge on any atom is -0.378 e. The van der Waals surface area contributed by atoms with Crippen molar-refractivity contribution < 1.29 is 9.53 Å². The van der Waals surface area contributed by atoms with E-state index in [0.29, 0.717) is 39.1 Å². The number of morpholine rings is 1. The van der Waals surface area contributed by atoms with Crippen LogP contribution in [0.2, 0.25) is 0 Å². The largest absolute Gasteiger partial charge is 0.378 e. The van der Waals surface area contributed by atoms with E-state index >= 15 is 0 Å². The highest BCUT2D eigenvalue weighted by Crippen LogP contribution is 2.31.